The van der Waals surface area contributed by atoms with Gasteiger partial charge in [0.25, 0.3) is 11.8 Å². The van der Waals surface area contributed by atoms with Gasteiger partial charge in [-0.1, -0.05) is 23.2 Å². The molecule has 3 aromatic rings. The average Bonchev–Trinajstić information content (AvgIpc) is 3.19. The number of carbonyl (C=O) groups excluding carboxylic acids is 2. The molecular formula is C22H18BrCl2N5O3S2. The Morgan fingerprint density at radius 3 is 2.54 bits per heavy atom. The maximum absolute atomic E-state index is 13.5. The number of carbonyl (C=O) groups is 2. The molecule has 2 aliphatic heterocycles. The fourth-order valence-corrected chi connectivity index (χ4v) is 5.68. The Hall–Kier alpha value is -1.92. The molecule has 182 valence electrons. The van der Waals surface area contributed by atoms with Gasteiger partial charge in [0, 0.05) is 50.8 Å². The van der Waals surface area contributed by atoms with Gasteiger partial charge in [0.2, 0.25) is 5.88 Å². The highest BCUT2D eigenvalue weighted by molar-refractivity contribution is 9.10. The van der Waals surface area contributed by atoms with Crippen molar-refractivity contribution in [2.75, 3.05) is 28.3 Å². The number of hydrogen-bond donors (Lipinski definition) is 2. The monoisotopic (exact) mass is 613 g/mol. The number of pyridine rings is 1. The zero-order valence-corrected chi connectivity index (χ0v) is 22.7. The van der Waals surface area contributed by atoms with Crippen LogP contribution < -0.4 is 15.4 Å². The van der Waals surface area contributed by atoms with E-state index >= 15 is 0 Å². The molecule has 0 bridgehead atoms. The van der Waals surface area contributed by atoms with E-state index in [4.69, 9.17) is 27.9 Å². The highest BCUT2D eigenvalue weighted by Crippen LogP contribution is 2.33. The first kappa shape index (κ1) is 24.8. The minimum Gasteiger partial charge on any atom is -0.472 e. The van der Waals surface area contributed by atoms with Crippen molar-refractivity contribution in [1.82, 2.24) is 20.1 Å². The molecule has 5 rings (SSSR count). The van der Waals surface area contributed by atoms with E-state index in [1.165, 1.54) is 10.7 Å². The van der Waals surface area contributed by atoms with Gasteiger partial charge in [0.15, 0.2) is 5.82 Å². The molecule has 13 heteroatoms. The summed E-state index contributed by atoms with van der Waals surface area (Å²) in [5, 5.41) is 10.9. The zero-order valence-electron chi connectivity index (χ0n) is 18.0. The number of thioether (sulfide) groups is 2. The lowest BCUT2D eigenvalue weighted by molar-refractivity contribution is 0.0943. The summed E-state index contributed by atoms with van der Waals surface area (Å²) in [7, 11) is 0. The van der Waals surface area contributed by atoms with Crippen LogP contribution in [-0.2, 0) is 0 Å². The van der Waals surface area contributed by atoms with Crippen LogP contribution in [0, 0.1) is 0 Å². The van der Waals surface area contributed by atoms with Crippen molar-refractivity contribution in [3.05, 3.63) is 62.3 Å². The molecule has 0 saturated carbocycles. The van der Waals surface area contributed by atoms with E-state index in [1.807, 2.05) is 0 Å². The highest BCUT2D eigenvalue weighted by Gasteiger charge is 2.27. The van der Waals surface area contributed by atoms with Crippen molar-refractivity contribution in [1.29, 1.82) is 0 Å². The largest absolute Gasteiger partial charge is 0.472 e. The van der Waals surface area contributed by atoms with Crippen LogP contribution in [0.4, 0.5) is 5.69 Å². The number of hydrogen-bond acceptors (Lipinski definition) is 7. The molecule has 2 aliphatic rings. The summed E-state index contributed by atoms with van der Waals surface area (Å²) in [4.78, 5) is 30.8. The molecule has 0 radical (unpaired) electrons. The lowest BCUT2D eigenvalue weighted by atomic mass is 10.1. The summed E-state index contributed by atoms with van der Waals surface area (Å²) in [6, 6.07) is 8.12. The van der Waals surface area contributed by atoms with E-state index in [0.717, 1.165) is 23.0 Å². The van der Waals surface area contributed by atoms with E-state index in [2.05, 4.69) is 36.6 Å². The quantitative estimate of drug-likeness (QED) is 0.389. The number of ether oxygens (including phenoxy) is 1. The van der Waals surface area contributed by atoms with Crippen LogP contribution in [0.2, 0.25) is 10.0 Å². The van der Waals surface area contributed by atoms with Gasteiger partial charge in [-0.2, -0.15) is 23.5 Å². The van der Waals surface area contributed by atoms with Gasteiger partial charge in [-0.3, -0.25) is 9.59 Å². The molecule has 1 aromatic carbocycles. The average molecular weight is 615 g/mol. The highest BCUT2D eigenvalue weighted by atomic mass is 79.9. The first-order valence-corrected chi connectivity index (χ1v) is 14.4. The molecule has 0 spiro atoms. The van der Waals surface area contributed by atoms with Crippen LogP contribution in [0.15, 0.2) is 41.0 Å². The van der Waals surface area contributed by atoms with Crippen LogP contribution >= 0.6 is 62.7 Å². The maximum atomic E-state index is 13.5. The third-order valence-electron chi connectivity index (χ3n) is 5.27. The van der Waals surface area contributed by atoms with Gasteiger partial charge in [0.05, 0.1) is 16.3 Å². The van der Waals surface area contributed by atoms with Crippen molar-refractivity contribution in [3.8, 4) is 11.7 Å². The molecule has 0 atom stereocenters. The lowest BCUT2D eigenvalue weighted by Crippen LogP contribution is -2.44. The number of amides is 2. The minimum atomic E-state index is -0.520. The van der Waals surface area contributed by atoms with Crippen molar-refractivity contribution in [2.45, 2.75) is 12.1 Å². The number of benzene rings is 1. The van der Waals surface area contributed by atoms with E-state index in [-0.39, 0.29) is 41.0 Å². The number of anilines is 1. The Bertz CT molecular complexity index is 1300. The van der Waals surface area contributed by atoms with Crippen molar-refractivity contribution < 1.29 is 14.3 Å². The minimum absolute atomic E-state index is 0.0313. The van der Waals surface area contributed by atoms with E-state index in [1.54, 1.807) is 54.0 Å². The molecule has 2 fully saturated rings. The number of halogens is 3. The zero-order chi connectivity index (χ0) is 24.5. The molecule has 0 unspecified atom stereocenters. The summed E-state index contributed by atoms with van der Waals surface area (Å²) < 4.78 is 7.71. The van der Waals surface area contributed by atoms with Crippen molar-refractivity contribution in [3.63, 3.8) is 0 Å². The molecule has 4 heterocycles. The summed E-state index contributed by atoms with van der Waals surface area (Å²) >= 11 is 19.5. The van der Waals surface area contributed by atoms with E-state index in [9.17, 15) is 9.59 Å². The lowest BCUT2D eigenvalue weighted by Gasteiger charge is -2.26. The molecule has 2 N–H and O–H groups in total. The molecule has 2 amide bonds. The first-order valence-electron chi connectivity index (χ1n) is 10.5. The van der Waals surface area contributed by atoms with Gasteiger partial charge in [-0.15, -0.1) is 5.10 Å². The molecule has 0 aliphatic carbocycles. The van der Waals surface area contributed by atoms with Crippen LogP contribution in [-0.4, -0.2) is 61.7 Å². The third-order valence-corrected chi connectivity index (χ3v) is 8.90. The first-order chi connectivity index (χ1) is 16.9. The SMILES string of the molecule is O=C(NC1CSC1)c1cc(Cl)cc(Br)c1NC(=O)c1cc(OC2CSC2)nn1-c1ncccc1Cl. The normalized spacial score (nSPS) is 15.7. The Labute approximate surface area is 228 Å². The van der Waals surface area contributed by atoms with Gasteiger partial charge in [0.1, 0.15) is 11.8 Å². The second-order valence-electron chi connectivity index (χ2n) is 7.84. The van der Waals surface area contributed by atoms with E-state index < -0.39 is 5.91 Å². The number of rotatable bonds is 7. The number of nitrogens with one attached hydrogen (secondary N) is 2. The van der Waals surface area contributed by atoms with Crippen LogP contribution in [0.5, 0.6) is 5.88 Å². The Morgan fingerprint density at radius 1 is 1.11 bits per heavy atom. The second-order valence-corrected chi connectivity index (χ2v) is 11.7. The van der Waals surface area contributed by atoms with Gasteiger partial charge < -0.3 is 15.4 Å². The molecule has 8 nitrogen and oxygen atoms in total. The summed E-state index contributed by atoms with van der Waals surface area (Å²) in [5.74, 6) is 3.15. The molecule has 2 aromatic heterocycles. The Balaban J connectivity index is 1.48. The van der Waals surface area contributed by atoms with Crippen LogP contribution in [0.1, 0.15) is 20.8 Å². The second kappa shape index (κ2) is 10.6. The fraction of sp³-hybridized carbons (Fsp3) is 0.273. The Kier molecular flexibility index (Phi) is 7.50. The van der Waals surface area contributed by atoms with Gasteiger partial charge >= 0.3 is 0 Å². The third kappa shape index (κ3) is 5.43. The summed E-state index contributed by atoms with van der Waals surface area (Å²) in [6.45, 7) is 0. The topological polar surface area (TPSA) is 98.1 Å². The summed E-state index contributed by atoms with van der Waals surface area (Å²) in [5.41, 5.74) is 0.692. The Morgan fingerprint density at radius 2 is 1.89 bits per heavy atom. The number of nitrogens with zero attached hydrogens (tertiary/aromatic N) is 3. The molecule has 2 saturated heterocycles. The molecular weight excluding hydrogens is 597 g/mol. The van der Waals surface area contributed by atoms with Crippen molar-refractivity contribution in [2.24, 2.45) is 0 Å². The van der Waals surface area contributed by atoms with Crippen molar-refractivity contribution >= 4 is 80.2 Å². The predicted octanol–water partition coefficient (Wildman–Crippen LogP) is 4.93. The van der Waals surface area contributed by atoms with Gasteiger partial charge in [-0.25, -0.2) is 9.67 Å². The van der Waals surface area contributed by atoms with Crippen LogP contribution in [0.25, 0.3) is 5.82 Å². The molecule has 35 heavy (non-hydrogen) atoms. The standard InChI is InChI=1S/C22H18BrCl2N5O3S2/c23-15-5-11(24)4-14(21(31)27-12-7-34-8-12)19(15)28-22(32)17-6-18(33-13-9-35-10-13)29-30(17)20-16(25)2-1-3-26-20/h1-6,12-13H,7-10H2,(H,27,31)(H,28,32). The van der Waals surface area contributed by atoms with Crippen LogP contribution in [0.3, 0.4) is 0 Å². The van der Waals surface area contributed by atoms with E-state index in [0.29, 0.717) is 20.2 Å². The van der Waals surface area contributed by atoms with Gasteiger partial charge in [-0.05, 0) is 40.2 Å². The summed E-state index contributed by atoms with van der Waals surface area (Å²) in [6.07, 6.45) is 1.59. The predicted molar refractivity (Wildman–Crippen MR) is 144 cm³/mol. The smallest absolute Gasteiger partial charge is 0.274 e. The fourth-order valence-electron chi connectivity index (χ4n) is 3.37. The number of aromatic nitrogens is 3. The maximum Gasteiger partial charge on any atom is 0.274 e.